The Balaban J connectivity index is 1.82. The molecule has 2 aromatic carbocycles. The van der Waals surface area contributed by atoms with Gasteiger partial charge >= 0.3 is 0 Å². The van der Waals surface area contributed by atoms with E-state index in [2.05, 4.69) is 24.3 Å². The molecule has 0 aliphatic heterocycles. The minimum absolute atomic E-state index is 0.297. The van der Waals surface area contributed by atoms with Gasteiger partial charge in [0.15, 0.2) is 0 Å². The van der Waals surface area contributed by atoms with Crippen molar-refractivity contribution in [1.82, 2.24) is 0 Å². The first-order valence-corrected chi connectivity index (χ1v) is 7.52. The van der Waals surface area contributed by atoms with Crippen LogP contribution in [0.1, 0.15) is 17.9 Å². The van der Waals surface area contributed by atoms with Crippen LogP contribution in [-0.4, -0.2) is 0 Å². The molecule has 1 atom stereocenters. The Morgan fingerprint density at radius 1 is 1.09 bits per heavy atom. The number of nitrogens with zero attached hydrogens (tertiary/aromatic N) is 1. The van der Waals surface area contributed by atoms with Crippen molar-refractivity contribution in [1.29, 1.82) is 5.26 Å². The number of hydrogen-bond acceptors (Lipinski definition) is 2. The number of fused-ring (bicyclic) bond motifs is 3. The van der Waals surface area contributed by atoms with Crippen LogP contribution in [0.3, 0.4) is 0 Å². The number of benzene rings is 2. The lowest BCUT2D eigenvalue weighted by Crippen LogP contribution is -1.97. The van der Waals surface area contributed by atoms with Crippen molar-refractivity contribution in [2.24, 2.45) is 0 Å². The summed E-state index contributed by atoms with van der Waals surface area (Å²) in [6.07, 6.45) is 6.82. The van der Waals surface area contributed by atoms with Gasteiger partial charge in [-0.15, -0.1) is 0 Å². The summed E-state index contributed by atoms with van der Waals surface area (Å²) in [7, 11) is 0. The molecule has 2 nitrogen and oxygen atoms in total. The van der Waals surface area contributed by atoms with E-state index in [1.165, 1.54) is 5.56 Å². The van der Waals surface area contributed by atoms with Crippen LogP contribution in [0.4, 0.5) is 0 Å². The molecule has 3 aromatic rings. The minimum atomic E-state index is 0.297. The normalized spacial score (nSPS) is 17.6. The van der Waals surface area contributed by atoms with E-state index in [4.69, 9.17) is 21.3 Å². The zero-order chi connectivity index (χ0) is 15.1. The lowest BCUT2D eigenvalue weighted by molar-refractivity contribution is 0.668. The SMILES string of the molecule is N#CC1=CCC(c2ccc3oc4ccc(Cl)cc4c3c2)C=C1. The zero-order valence-corrected chi connectivity index (χ0v) is 12.5. The lowest BCUT2D eigenvalue weighted by atomic mass is 9.90. The lowest BCUT2D eigenvalue weighted by Gasteiger charge is -2.14. The van der Waals surface area contributed by atoms with E-state index in [-0.39, 0.29) is 0 Å². The molecule has 1 aromatic heterocycles. The molecule has 22 heavy (non-hydrogen) atoms. The average molecular weight is 306 g/mol. The minimum Gasteiger partial charge on any atom is -0.456 e. The third-order valence-electron chi connectivity index (χ3n) is 4.11. The van der Waals surface area contributed by atoms with E-state index in [1.54, 1.807) is 0 Å². The molecule has 0 bridgehead atoms. The molecule has 0 saturated heterocycles. The van der Waals surface area contributed by atoms with Crippen LogP contribution in [0.25, 0.3) is 21.9 Å². The van der Waals surface area contributed by atoms with Gasteiger partial charge in [0.2, 0.25) is 0 Å². The summed E-state index contributed by atoms with van der Waals surface area (Å²) in [5, 5.41) is 11.7. The average Bonchev–Trinajstić information content (AvgIpc) is 2.92. The van der Waals surface area contributed by atoms with Gasteiger partial charge in [0.25, 0.3) is 0 Å². The van der Waals surface area contributed by atoms with Crippen LogP contribution in [0.15, 0.2) is 64.6 Å². The first-order chi connectivity index (χ1) is 10.7. The molecule has 3 heteroatoms. The Kier molecular flexibility index (Phi) is 3.03. The Hall–Kier alpha value is -2.50. The van der Waals surface area contributed by atoms with E-state index in [9.17, 15) is 0 Å². The predicted molar refractivity (Wildman–Crippen MR) is 88.9 cm³/mol. The maximum absolute atomic E-state index is 8.91. The third-order valence-corrected chi connectivity index (χ3v) is 4.35. The maximum Gasteiger partial charge on any atom is 0.135 e. The Morgan fingerprint density at radius 2 is 1.86 bits per heavy atom. The molecule has 0 amide bonds. The van der Waals surface area contributed by atoms with Gasteiger partial charge in [-0.25, -0.2) is 0 Å². The van der Waals surface area contributed by atoms with E-state index in [0.717, 1.165) is 33.9 Å². The number of allylic oxidation sites excluding steroid dienone is 4. The molecule has 1 aliphatic rings. The topological polar surface area (TPSA) is 36.9 Å². The van der Waals surface area contributed by atoms with Gasteiger partial charge in [-0.3, -0.25) is 0 Å². The first kappa shape index (κ1) is 13.2. The summed E-state index contributed by atoms with van der Waals surface area (Å²) in [4.78, 5) is 0. The molecule has 0 spiro atoms. The van der Waals surface area contributed by atoms with Crippen LogP contribution >= 0.6 is 11.6 Å². The molecule has 1 heterocycles. The van der Waals surface area contributed by atoms with Crippen molar-refractivity contribution < 1.29 is 4.42 Å². The number of furan rings is 1. The molecule has 1 aliphatic carbocycles. The second-order valence-corrected chi connectivity index (χ2v) is 5.91. The summed E-state index contributed by atoms with van der Waals surface area (Å²) < 4.78 is 5.85. The van der Waals surface area contributed by atoms with Crippen molar-refractivity contribution in [2.45, 2.75) is 12.3 Å². The molecule has 0 saturated carbocycles. The molecule has 0 fully saturated rings. The fourth-order valence-corrected chi connectivity index (χ4v) is 3.12. The van der Waals surface area contributed by atoms with Crippen LogP contribution in [0.2, 0.25) is 5.02 Å². The molecule has 4 rings (SSSR count). The van der Waals surface area contributed by atoms with Gasteiger partial charge < -0.3 is 4.42 Å². The molecular weight excluding hydrogens is 294 g/mol. The standard InChI is InChI=1S/C19H12ClNO/c20-15-6-8-19-17(10-15)16-9-14(5-7-18(16)22-19)13-3-1-12(11-21)2-4-13/h1-3,5-10,13H,4H2. The van der Waals surface area contributed by atoms with Gasteiger partial charge in [-0.1, -0.05) is 29.8 Å². The molecule has 1 unspecified atom stereocenters. The van der Waals surface area contributed by atoms with Gasteiger partial charge in [0.05, 0.1) is 6.07 Å². The van der Waals surface area contributed by atoms with Gasteiger partial charge in [-0.2, -0.15) is 5.26 Å². The summed E-state index contributed by atoms with van der Waals surface area (Å²) >= 11 is 6.11. The summed E-state index contributed by atoms with van der Waals surface area (Å²) in [5.74, 6) is 0.297. The van der Waals surface area contributed by atoms with Crippen molar-refractivity contribution in [2.75, 3.05) is 0 Å². The van der Waals surface area contributed by atoms with Gasteiger partial charge in [-0.05, 0) is 48.4 Å². The number of hydrogen-bond donors (Lipinski definition) is 0. The second-order valence-electron chi connectivity index (χ2n) is 5.47. The Bertz CT molecular complexity index is 988. The van der Waals surface area contributed by atoms with Gasteiger partial charge in [0.1, 0.15) is 11.2 Å². The van der Waals surface area contributed by atoms with E-state index in [0.29, 0.717) is 10.9 Å². The van der Waals surface area contributed by atoms with Gasteiger partial charge in [0, 0.05) is 27.3 Å². The molecular formula is C19H12ClNO. The highest BCUT2D eigenvalue weighted by atomic mass is 35.5. The number of halogens is 1. The van der Waals surface area contributed by atoms with Crippen LogP contribution in [0, 0.1) is 11.3 Å². The number of nitriles is 1. The van der Waals surface area contributed by atoms with Crippen molar-refractivity contribution >= 4 is 33.5 Å². The zero-order valence-electron chi connectivity index (χ0n) is 11.7. The summed E-state index contributed by atoms with van der Waals surface area (Å²) in [6, 6.07) is 14.1. The monoisotopic (exact) mass is 305 g/mol. The smallest absolute Gasteiger partial charge is 0.135 e. The fourth-order valence-electron chi connectivity index (χ4n) is 2.95. The van der Waals surface area contributed by atoms with Crippen molar-refractivity contribution in [3.63, 3.8) is 0 Å². The van der Waals surface area contributed by atoms with Crippen LogP contribution in [0.5, 0.6) is 0 Å². The summed E-state index contributed by atoms with van der Waals surface area (Å²) in [5.41, 5.74) is 3.67. The van der Waals surface area contributed by atoms with Crippen molar-refractivity contribution in [3.05, 3.63) is 70.8 Å². The van der Waals surface area contributed by atoms with Crippen LogP contribution < -0.4 is 0 Å². The van der Waals surface area contributed by atoms with Crippen LogP contribution in [-0.2, 0) is 0 Å². The molecule has 0 N–H and O–H groups in total. The number of rotatable bonds is 1. The highest BCUT2D eigenvalue weighted by Crippen LogP contribution is 2.34. The predicted octanol–water partition coefficient (Wildman–Crippen LogP) is 5.73. The highest BCUT2D eigenvalue weighted by molar-refractivity contribution is 6.31. The maximum atomic E-state index is 8.91. The second kappa shape index (κ2) is 5.05. The summed E-state index contributed by atoms with van der Waals surface area (Å²) in [6.45, 7) is 0. The highest BCUT2D eigenvalue weighted by Gasteiger charge is 2.14. The van der Waals surface area contributed by atoms with E-state index in [1.807, 2.05) is 36.4 Å². The first-order valence-electron chi connectivity index (χ1n) is 7.15. The third kappa shape index (κ3) is 2.11. The quantitative estimate of drug-likeness (QED) is 0.575. The molecule has 0 radical (unpaired) electrons. The molecule has 106 valence electrons. The fraction of sp³-hybridized carbons (Fsp3) is 0.105. The largest absolute Gasteiger partial charge is 0.456 e. The van der Waals surface area contributed by atoms with E-state index >= 15 is 0 Å². The Morgan fingerprint density at radius 3 is 2.59 bits per heavy atom. The Labute approximate surface area is 132 Å². The van der Waals surface area contributed by atoms with E-state index < -0.39 is 0 Å². The van der Waals surface area contributed by atoms with Crippen molar-refractivity contribution in [3.8, 4) is 6.07 Å².